The average molecular weight is 311 g/mol. The van der Waals surface area contributed by atoms with Crippen LogP contribution in [0.3, 0.4) is 0 Å². The summed E-state index contributed by atoms with van der Waals surface area (Å²) in [6.07, 6.45) is 3.72. The minimum Gasteiger partial charge on any atom is -0.495 e. The number of ether oxygens (including phenoxy) is 3. The molecule has 2 fully saturated rings. The third kappa shape index (κ3) is 1.53. The summed E-state index contributed by atoms with van der Waals surface area (Å²) in [6.45, 7) is 5.44. The standard InChI is InChI=1S/C17H29NO4/c1-14(2)8-7-12-13(20-4)17(21-5,22-6)16(19)11-15(12,14)9-10-18(16)3/h19H,7-11H2,1-6H3/t15-,16+/m1/s1. The molecule has 0 aromatic heterocycles. The number of likely N-dealkylation sites (tertiary alicyclic amines) is 1. The molecule has 1 saturated heterocycles. The maximum Gasteiger partial charge on any atom is 0.271 e. The topological polar surface area (TPSA) is 51.2 Å². The Kier molecular flexibility index (Phi) is 3.47. The number of hydrogen-bond donors (Lipinski definition) is 1. The fourth-order valence-electron chi connectivity index (χ4n) is 5.28. The lowest BCUT2D eigenvalue weighted by molar-refractivity contribution is -0.361. The molecular weight excluding hydrogens is 282 g/mol. The van der Waals surface area contributed by atoms with Crippen LogP contribution < -0.4 is 0 Å². The van der Waals surface area contributed by atoms with E-state index in [2.05, 4.69) is 13.8 Å². The molecule has 0 amide bonds. The largest absolute Gasteiger partial charge is 0.495 e. The summed E-state index contributed by atoms with van der Waals surface area (Å²) in [5.41, 5.74) is 0.141. The van der Waals surface area contributed by atoms with Gasteiger partial charge in [-0.3, -0.25) is 4.90 Å². The minimum atomic E-state index is -1.27. The summed E-state index contributed by atoms with van der Waals surface area (Å²) in [5, 5.41) is 11.6. The number of allylic oxidation sites excluding steroid dienone is 1. The van der Waals surface area contributed by atoms with Crippen molar-refractivity contribution in [1.29, 1.82) is 0 Å². The van der Waals surface area contributed by atoms with Crippen LogP contribution in [0.5, 0.6) is 0 Å². The van der Waals surface area contributed by atoms with Crippen molar-refractivity contribution < 1.29 is 19.3 Å². The van der Waals surface area contributed by atoms with Gasteiger partial charge in [-0.1, -0.05) is 13.8 Å². The second-order valence-corrected chi connectivity index (χ2v) is 7.67. The summed E-state index contributed by atoms with van der Waals surface area (Å²) < 4.78 is 17.3. The first-order valence-corrected chi connectivity index (χ1v) is 8.07. The van der Waals surface area contributed by atoms with Gasteiger partial charge < -0.3 is 19.3 Å². The van der Waals surface area contributed by atoms with Crippen LogP contribution in [0.25, 0.3) is 0 Å². The first kappa shape index (κ1) is 16.2. The van der Waals surface area contributed by atoms with Crippen LogP contribution in [0.4, 0.5) is 0 Å². The molecule has 1 spiro atoms. The number of likely N-dealkylation sites (N-methyl/N-ethyl adjacent to an activating group) is 1. The summed E-state index contributed by atoms with van der Waals surface area (Å²) >= 11 is 0. The molecule has 1 heterocycles. The van der Waals surface area contributed by atoms with Crippen molar-refractivity contribution in [2.75, 3.05) is 34.9 Å². The molecular formula is C17H29NO4. The van der Waals surface area contributed by atoms with Crippen LogP contribution >= 0.6 is 0 Å². The number of fused-ring (bicyclic) bond motifs is 1. The van der Waals surface area contributed by atoms with Gasteiger partial charge in [0.05, 0.1) is 7.11 Å². The van der Waals surface area contributed by atoms with E-state index in [-0.39, 0.29) is 10.8 Å². The van der Waals surface area contributed by atoms with Crippen molar-refractivity contribution >= 4 is 0 Å². The lowest BCUT2D eigenvalue weighted by atomic mass is 9.55. The normalized spacial score (nSPS) is 39.8. The molecule has 126 valence electrons. The summed E-state index contributed by atoms with van der Waals surface area (Å²) in [6, 6.07) is 0. The molecule has 3 rings (SSSR count). The molecule has 0 unspecified atom stereocenters. The molecule has 0 radical (unpaired) electrons. The van der Waals surface area contributed by atoms with Crippen molar-refractivity contribution in [3.05, 3.63) is 11.3 Å². The Morgan fingerprint density at radius 2 is 1.73 bits per heavy atom. The van der Waals surface area contributed by atoms with Crippen molar-refractivity contribution in [3.63, 3.8) is 0 Å². The number of rotatable bonds is 3. The zero-order valence-electron chi connectivity index (χ0n) is 14.7. The zero-order valence-corrected chi connectivity index (χ0v) is 14.7. The van der Waals surface area contributed by atoms with Gasteiger partial charge in [0, 0.05) is 32.6 Å². The minimum absolute atomic E-state index is 0.0415. The Morgan fingerprint density at radius 3 is 2.27 bits per heavy atom. The van der Waals surface area contributed by atoms with E-state index in [1.54, 1.807) is 21.3 Å². The van der Waals surface area contributed by atoms with E-state index in [9.17, 15) is 5.11 Å². The molecule has 1 aliphatic heterocycles. The first-order chi connectivity index (χ1) is 10.2. The number of piperidine rings is 1. The van der Waals surface area contributed by atoms with Gasteiger partial charge in [0.25, 0.3) is 5.79 Å². The van der Waals surface area contributed by atoms with Crippen LogP contribution in [-0.4, -0.2) is 56.4 Å². The second kappa shape index (κ2) is 4.69. The van der Waals surface area contributed by atoms with E-state index in [1.165, 1.54) is 5.57 Å². The van der Waals surface area contributed by atoms with Crippen LogP contribution in [0, 0.1) is 10.8 Å². The zero-order chi connectivity index (χ0) is 16.4. The fourth-order valence-corrected chi connectivity index (χ4v) is 5.28. The van der Waals surface area contributed by atoms with Crippen molar-refractivity contribution in [2.45, 2.75) is 51.0 Å². The monoisotopic (exact) mass is 311 g/mol. The Bertz CT molecular complexity index is 511. The molecule has 3 aliphatic rings. The SMILES string of the molecule is COC1=C2CCC(C)(C)[C@@]23CCN(C)[C@](O)(C3)C1(OC)OC. The summed E-state index contributed by atoms with van der Waals surface area (Å²) in [7, 11) is 6.74. The van der Waals surface area contributed by atoms with Gasteiger partial charge in [-0.2, -0.15) is 0 Å². The highest BCUT2D eigenvalue weighted by atomic mass is 16.7. The van der Waals surface area contributed by atoms with Gasteiger partial charge in [0.1, 0.15) is 0 Å². The molecule has 0 aromatic carbocycles. The third-order valence-corrected chi connectivity index (χ3v) is 6.81. The fraction of sp³-hybridized carbons (Fsp3) is 0.882. The van der Waals surface area contributed by atoms with Crippen molar-refractivity contribution in [1.82, 2.24) is 4.90 Å². The quantitative estimate of drug-likeness (QED) is 0.809. The molecule has 5 nitrogen and oxygen atoms in total. The number of hydrogen-bond acceptors (Lipinski definition) is 5. The molecule has 1 N–H and O–H groups in total. The Balaban J connectivity index is 2.32. The molecule has 1 saturated carbocycles. The number of methoxy groups -OCH3 is 3. The highest BCUT2D eigenvalue weighted by molar-refractivity contribution is 5.39. The third-order valence-electron chi connectivity index (χ3n) is 6.81. The number of nitrogens with zero attached hydrogens (tertiary/aromatic N) is 1. The van der Waals surface area contributed by atoms with Crippen LogP contribution in [0.2, 0.25) is 0 Å². The van der Waals surface area contributed by atoms with Gasteiger partial charge in [-0.25, -0.2) is 0 Å². The van der Waals surface area contributed by atoms with E-state index in [1.807, 2.05) is 11.9 Å². The molecule has 2 aliphatic carbocycles. The highest BCUT2D eigenvalue weighted by Crippen LogP contribution is 2.69. The molecule has 2 atom stereocenters. The summed E-state index contributed by atoms with van der Waals surface area (Å²) in [4.78, 5) is 1.95. The van der Waals surface area contributed by atoms with Crippen LogP contribution in [0.15, 0.2) is 11.3 Å². The van der Waals surface area contributed by atoms with E-state index >= 15 is 0 Å². The molecule has 22 heavy (non-hydrogen) atoms. The second-order valence-electron chi connectivity index (χ2n) is 7.67. The molecule has 0 aromatic rings. The van der Waals surface area contributed by atoms with Crippen LogP contribution in [-0.2, 0) is 14.2 Å². The Labute approximate surface area is 133 Å². The average Bonchev–Trinajstić information content (AvgIpc) is 2.73. The summed E-state index contributed by atoms with van der Waals surface area (Å²) in [5.74, 6) is -0.598. The van der Waals surface area contributed by atoms with Gasteiger partial charge >= 0.3 is 0 Å². The maximum absolute atomic E-state index is 11.6. The van der Waals surface area contributed by atoms with E-state index in [0.717, 1.165) is 25.8 Å². The van der Waals surface area contributed by atoms with Crippen molar-refractivity contribution in [2.24, 2.45) is 10.8 Å². The Morgan fingerprint density at radius 1 is 1.09 bits per heavy atom. The molecule has 2 bridgehead atoms. The van der Waals surface area contributed by atoms with E-state index in [4.69, 9.17) is 14.2 Å². The lowest BCUT2D eigenvalue weighted by Crippen LogP contribution is -2.73. The van der Waals surface area contributed by atoms with E-state index in [0.29, 0.717) is 12.2 Å². The lowest BCUT2D eigenvalue weighted by Gasteiger charge is -2.62. The van der Waals surface area contributed by atoms with Gasteiger partial charge in [-0.15, -0.1) is 0 Å². The van der Waals surface area contributed by atoms with Crippen molar-refractivity contribution in [3.8, 4) is 0 Å². The van der Waals surface area contributed by atoms with E-state index < -0.39 is 11.5 Å². The van der Waals surface area contributed by atoms with Gasteiger partial charge in [0.2, 0.25) is 0 Å². The van der Waals surface area contributed by atoms with Gasteiger partial charge in [0.15, 0.2) is 11.5 Å². The van der Waals surface area contributed by atoms with Gasteiger partial charge in [-0.05, 0) is 37.3 Å². The predicted molar refractivity (Wildman–Crippen MR) is 83.0 cm³/mol. The predicted octanol–water partition coefficient (Wildman–Crippen LogP) is 2.11. The number of aliphatic hydroxyl groups is 1. The highest BCUT2D eigenvalue weighted by Gasteiger charge is 2.72. The molecule has 5 heteroatoms. The first-order valence-electron chi connectivity index (χ1n) is 8.07. The van der Waals surface area contributed by atoms with Crippen LogP contribution in [0.1, 0.15) is 39.5 Å². The Hall–Kier alpha value is -0.620. The maximum atomic E-state index is 11.6. The smallest absolute Gasteiger partial charge is 0.271 e.